The molecule has 0 amide bonds. The number of rotatable bonds is 5. The number of hydrogen-bond donors (Lipinski definition) is 1. The van der Waals surface area contributed by atoms with Gasteiger partial charge in [-0.25, -0.2) is 8.78 Å². The van der Waals surface area contributed by atoms with Gasteiger partial charge in [-0.15, -0.1) is 12.4 Å². The third-order valence-electron chi connectivity index (χ3n) is 2.26. The molecular formula is C11H16ClF2NO. The molecule has 92 valence electrons. The Hall–Kier alpha value is -0.710. The highest BCUT2D eigenvalue weighted by Crippen LogP contribution is 2.11. The number of ether oxygens (including phenoxy) is 1. The Morgan fingerprint density at radius 2 is 2.06 bits per heavy atom. The minimum atomic E-state index is -0.552. The second-order valence-electron chi connectivity index (χ2n) is 3.38. The molecule has 2 nitrogen and oxygen atoms in total. The molecule has 0 heterocycles. The molecule has 1 aromatic carbocycles. The topological polar surface area (TPSA) is 21.3 Å². The van der Waals surface area contributed by atoms with Crippen LogP contribution < -0.4 is 5.32 Å². The lowest BCUT2D eigenvalue weighted by atomic mass is 10.1. The van der Waals surface area contributed by atoms with Crippen molar-refractivity contribution in [3.63, 3.8) is 0 Å². The van der Waals surface area contributed by atoms with Crippen LogP contribution in [0.2, 0.25) is 0 Å². The third kappa shape index (κ3) is 4.43. The lowest BCUT2D eigenvalue weighted by Crippen LogP contribution is -2.32. The number of hydrogen-bond acceptors (Lipinski definition) is 2. The summed E-state index contributed by atoms with van der Waals surface area (Å²) in [6.45, 7) is 0.493. The molecule has 0 aliphatic carbocycles. The third-order valence-corrected chi connectivity index (χ3v) is 2.26. The Morgan fingerprint density at radius 3 is 2.56 bits per heavy atom. The predicted molar refractivity (Wildman–Crippen MR) is 62.0 cm³/mol. The summed E-state index contributed by atoms with van der Waals surface area (Å²) >= 11 is 0. The van der Waals surface area contributed by atoms with Gasteiger partial charge in [0.25, 0.3) is 0 Å². The van der Waals surface area contributed by atoms with Crippen molar-refractivity contribution in [3.8, 4) is 0 Å². The molecule has 0 aliphatic heterocycles. The van der Waals surface area contributed by atoms with Crippen molar-refractivity contribution in [2.75, 3.05) is 20.8 Å². The summed E-state index contributed by atoms with van der Waals surface area (Å²) in [5.74, 6) is -1.06. The molecule has 0 aromatic heterocycles. The second kappa shape index (κ2) is 7.54. The van der Waals surface area contributed by atoms with Gasteiger partial charge in [-0.2, -0.15) is 0 Å². The highest BCUT2D eigenvalue weighted by Gasteiger charge is 2.10. The zero-order valence-electron chi connectivity index (χ0n) is 9.30. The van der Waals surface area contributed by atoms with E-state index in [9.17, 15) is 8.78 Å². The Labute approximate surface area is 100 Å². The molecule has 0 radical (unpaired) electrons. The van der Waals surface area contributed by atoms with E-state index in [0.717, 1.165) is 6.07 Å². The van der Waals surface area contributed by atoms with E-state index in [4.69, 9.17) is 4.74 Å². The van der Waals surface area contributed by atoms with Gasteiger partial charge in [-0.1, -0.05) is 6.07 Å². The van der Waals surface area contributed by atoms with E-state index in [2.05, 4.69) is 5.32 Å². The molecule has 1 aromatic rings. The van der Waals surface area contributed by atoms with E-state index in [-0.39, 0.29) is 18.4 Å². The summed E-state index contributed by atoms with van der Waals surface area (Å²) < 4.78 is 30.9. The molecule has 1 atom stereocenters. The SMILES string of the molecule is CNC(COC)Cc1ccc(F)cc1F.Cl. The van der Waals surface area contributed by atoms with Crippen molar-refractivity contribution < 1.29 is 13.5 Å². The van der Waals surface area contributed by atoms with Crippen LogP contribution in [0.25, 0.3) is 0 Å². The molecule has 0 saturated carbocycles. The van der Waals surface area contributed by atoms with Gasteiger partial charge in [0.2, 0.25) is 0 Å². The molecule has 0 bridgehead atoms. The Bertz CT molecular complexity index is 323. The van der Waals surface area contributed by atoms with Crippen molar-refractivity contribution >= 4 is 12.4 Å². The predicted octanol–water partition coefficient (Wildman–Crippen LogP) is 2.16. The summed E-state index contributed by atoms with van der Waals surface area (Å²) in [4.78, 5) is 0. The molecule has 0 aliphatic rings. The number of halogens is 3. The van der Waals surface area contributed by atoms with Crippen LogP contribution in [0.3, 0.4) is 0 Å². The highest BCUT2D eigenvalue weighted by atomic mass is 35.5. The van der Waals surface area contributed by atoms with E-state index in [0.29, 0.717) is 18.6 Å². The maximum Gasteiger partial charge on any atom is 0.129 e. The largest absolute Gasteiger partial charge is 0.383 e. The van der Waals surface area contributed by atoms with Gasteiger partial charge in [0.05, 0.1) is 6.61 Å². The van der Waals surface area contributed by atoms with E-state index in [1.165, 1.54) is 12.1 Å². The van der Waals surface area contributed by atoms with Gasteiger partial charge in [0.1, 0.15) is 11.6 Å². The maximum absolute atomic E-state index is 13.3. The van der Waals surface area contributed by atoms with Crippen LogP contribution in [0.15, 0.2) is 18.2 Å². The summed E-state index contributed by atoms with van der Waals surface area (Å²) in [7, 11) is 3.37. The van der Waals surface area contributed by atoms with Gasteiger partial charge < -0.3 is 10.1 Å². The molecular weight excluding hydrogens is 236 g/mol. The van der Waals surface area contributed by atoms with E-state index < -0.39 is 11.6 Å². The normalized spacial score (nSPS) is 12.0. The first-order valence-electron chi connectivity index (χ1n) is 4.77. The number of likely N-dealkylation sites (N-methyl/N-ethyl adjacent to an activating group) is 1. The molecule has 0 saturated heterocycles. The van der Waals surface area contributed by atoms with Crippen LogP contribution in [0.4, 0.5) is 8.78 Å². The quantitative estimate of drug-likeness (QED) is 0.866. The zero-order chi connectivity index (χ0) is 11.3. The summed E-state index contributed by atoms with van der Waals surface area (Å²) in [6, 6.07) is 3.66. The highest BCUT2D eigenvalue weighted by molar-refractivity contribution is 5.85. The molecule has 0 fully saturated rings. The van der Waals surface area contributed by atoms with Crippen molar-refractivity contribution in [1.29, 1.82) is 0 Å². The van der Waals surface area contributed by atoms with Crippen molar-refractivity contribution in [1.82, 2.24) is 5.32 Å². The number of nitrogens with one attached hydrogen (secondary N) is 1. The Kier molecular flexibility index (Phi) is 7.21. The second-order valence-corrected chi connectivity index (χ2v) is 3.38. The summed E-state index contributed by atoms with van der Waals surface area (Å²) in [6.07, 6.45) is 0.483. The van der Waals surface area contributed by atoms with Gasteiger partial charge in [0, 0.05) is 19.2 Å². The molecule has 16 heavy (non-hydrogen) atoms. The summed E-state index contributed by atoms with van der Waals surface area (Å²) in [5.41, 5.74) is 0.493. The van der Waals surface area contributed by atoms with Gasteiger partial charge in [0.15, 0.2) is 0 Å². The fourth-order valence-corrected chi connectivity index (χ4v) is 1.40. The zero-order valence-corrected chi connectivity index (χ0v) is 10.1. The Morgan fingerprint density at radius 1 is 1.38 bits per heavy atom. The van der Waals surface area contributed by atoms with E-state index in [1.54, 1.807) is 14.2 Å². The molecule has 1 rings (SSSR count). The van der Waals surface area contributed by atoms with Crippen LogP contribution in [-0.4, -0.2) is 26.8 Å². The Balaban J connectivity index is 0.00000225. The van der Waals surface area contributed by atoms with Gasteiger partial charge in [-0.3, -0.25) is 0 Å². The van der Waals surface area contributed by atoms with Crippen LogP contribution in [0, 0.1) is 11.6 Å². The standard InChI is InChI=1S/C11H15F2NO.ClH/c1-14-10(7-15-2)5-8-3-4-9(12)6-11(8)13;/h3-4,6,10,14H,5,7H2,1-2H3;1H. The first kappa shape index (κ1) is 15.3. The van der Waals surface area contributed by atoms with Gasteiger partial charge >= 0.3 is 0 Å². The van der Waals surface area contributed by atoms with Crippen molar-refractivity contribution in [2.24, 2.45) is 0 Å². The van der Waals surface area contributed by atoms with E-state index >= 15 is 0 Å². The molecule has 1 N–H and O–H groups in total. The van der Waals surface area contributed by atoms with E-state index in [1.807, 2.05) is 0 Å². The number of benzene rings is 1. The van der Waals surface area contributed by atoms with Crippen molar-refractivity contribution in [3.05, 3.63) is 35.4 Å². The van der Waals surface area contributed by atoms with Crippen LogP contribution in [-0.2, 0) is 11.2 Å². The lowest BCUT2D eigenvalue weighted by molar-refractivity contribution is 0.169. The van der Waals surface area contributed by atoms with Gasteiger partial charge in [-0.05, 0) is 25.1 Å². The molecule has 0 spiro atoms. The van der Waals surface area contributed by atoms with Crippen LogP contribution >= 0.6 is 12.4 Å². The summed E-state index contributed by atoms with van der Waals surface area (Å²) in [5, 5.41) is 3.01. The average molecular weight is 252 g/mol. The first-order valence-corrected chi connectivity index (χ1v) is 4.77. The minimum absolute atomic E-state index is 0. The first-order chi connectivity index (χ1) is 7.17. The fourth-order valence-electron chi connectivity index (χ4n) is 1.40. The fraction of sp³-hybridized carbons (Fsp3) is 0.455. The van der Waals surface area contributed by atoms with Crippen molar-refractivity contribution in [2.45, 2.75) is 12.5 Å². The number of methoxy groups -OCH3 is 1. The lowest BCUT2D eigenvalue weighted by Gasteiger charge is -2.15. The smallest absolute Gasteiger partial charge is 0.129 e. The molecule has 1 unspecified atom stereocenters. The molecule has 5 heteroatoms. The van der Waals surface area contributed by atoms with Crippen LogP contribution in [0.1, 0.15) is 5.56 Å². The maximum atomic E-state index is 13.3. The van der Waals surface area contributed by atoms with Crippen LogP contribution in [0.5, 0.6) is 0 Å². The monoisotopic (exact) mass is 251 g/mol. The average Bonchev–Trinajstić information content (AvgIpc) is 2.21. The minimum Gasteiger partial charge on any atom is -0.383 e.